The van der Waals surface area contributed by atoms with E-state index in [2.05, 4.69) is 57.4 Å². The van der Waals surface area contributed by atoms with Gasteiger partial charge < -0.3 is 10.1 Å². The molecule has 0 radical (unpaired) electrons. The first-order valence-electron chi connectivity index (χ1n) is 6.64. The van der Waals surface area contributed by atoms with Gasteiger partial charge in [0, 0.05) is 29.3 Å². The van der Waals surface area contributed by atoms with Crippen molar-refractivity contribution in [3.8, 4) is 5.88 Å². The normalized spacial score (nSPS) is 12.2. The average molecular weight is 335 g/mol. The van der Waals surface area contributed by atoms with Crippen LogP contribution in [0.2, 0.25) is 0 Å². The van der Waals surface area contributed by atoms with Crippen LogP contribution in [0.3, 0.4) is 0 Å². The second-order valence-corrected chi connectivity index (χ2v) is 5.74. The third-order valence-corrected chi connectivity index (χ3v) is 3.65. The fourth-order valence-corrected chi connectivity index (χ4v) is 2.24. The van der Waals surface area contributed by atoms with Crippen LogP contribution < -0.4 is 10.1 Å². The monoisotopic (exact) mass is 334 g/mol. The van der Waals surface area contributed by atoms with Gasteiger partial charge in [-0.3, -0.25) is 0 Å². The summed E-state index contributed by atoms with van der Waals surface area (Å²) in [5.74, 6) is 0.650. The molecule has 1 atom stereocenters. The number of hydrogen-bond acceptors (Lipinski definition) is 3. The lowest BCUT2D eigenvalue weighted by atomic mass is 10.1. The van der Waals surface area contributed by atoms with Gasteiger partial charge in [0.2, 0.25) is 5.88 Å². The summed E-state index contributed by atoms with van der Waals surface area (Å²) in [5.41, 5.74) is 2.49. The Morgan fingerprint density at radius 2 is 1.85 bits per heavy atom. The van der Waals surface area contributed by atoms with E-state index in [4.69, 9.17) is 4.74 Å². The van der Waals surface area contributed by atoms with Gasteiger partial charge in [0.1, 0.15) is 0 Å². The van der Waals surface area contributed by atoms with Gasteiger partial charge in [0.25, 0.3) is 0 Å². The maximum Gasteiger partial charge on any atom is 0.212 e. The first-order valence-corrected chi connectivity index (χ1v) is 7.43. The van der Waals surface area contributed by atoms with Crippen LogP contribution in [0, 0.1) is 0 Å². The van der Waals surface area contributed by atoms with Crippen LogP contribution in [0.15, 0.2) is 47.1 Å². The smallest absolute Gasteiger partial charge is 0.212 e. The Balaban J connectivity index is 1.82. The molecule has 0 aliphatic rings. The third kappa shape index (κ3) is 4.62. The molecule has 3 nitrogen and oxygen atoms in total. The van der Waals surface area contributed by atoms with Crippen molar-refractivity contribution in [3.63, 3.8) is 0 Å². The van der Waals surface area contributed by atoms with E-state index in [1.165, 1.54) is 5.56 Å². The van der Waals surface area contributed by atoms with Crippen molar-refractivity contribution >= 4 is 15.9 Å². The lowest BCUT2D eigenvalue weighted by molar-refractivity contribution is 0.397. The molecular formula is C16H19BrN2O. The first kappa shape index (κ1) is 15.0. The fourth-order valence-electron chi connectivity index (χ4n) is 1.97. The van der Waals surface area contributed by atoms with Crippen molar-refractivity contribution in [2.24, 2.45) is 0 Å². The predicted molar refractivity (Wildman–Crippen MR) is 84.9 cm³/mol. The Hall–Kier alpha value is -1.39. The number of hydrogen-bond donors (Lipinski definition) is 1. The molecule has 0 saturated carbocycles. The molecule has 1 aromatic carbocycles. The van der Waals surface area contributed by atoms with Crippen LogP contribution >= 0.6 is 15.9 Å². The molecular weight excluding hydrogens is 316 g/mol. The van der Waals surface area contributed by atoms with Gasteiger partial charge in [-0.25, -0.2) is 4.98 Å². The number of benzene rings is 1. The highest BCUT2D eigenvalue weighted by Crippen LogP contribution is 2.12. The number of methoxy groups -OCH3 is 1. The summed E-state index contributed by atoms with van der Waals surface area (Å²) < 4.78 is 6.16. The highest BCUT2D eigenvalue weighted by molar-refractivity contribution is 9.10. The van der Waals surface area contributed by atoms with E-state index in [1.54, 1.807) is 7.11 Å². The number of nitrogens with one attached hydrogen (secondary N) is 1. The Bertz CT molecular complexity index is 525. The molecule has 1 aromatic heterocycles. The molecule has 1 N–H and O–H groups in total. The molecule has 0 bridgehead atoms. The zero-order valence-electron chi connectivity index (χ0n) is 11.8. The average Bonchev–Trinajstić information content (AvgIpc) is 2.48. The molecule has 0 aliphatic carbocycles. The molecule has 1 unspecified atom stereocenters. The zero-order valence-corrected chi connectivity index (χ0v) is 13.4. The second kappa shape index (κ2) is 7.41. The van der Waals surface area contributed by atoms with Gasteiger partial charge in [-0.15, -0.1) is 0 Å². The number of pyridine rings is 1. The van der Waals surface area contributed by atoms with Crippen LogP contribution in [0.4, 0.5) is 0 Å². The van der Waals surface area contributed by atoms with Crippen LogP contribution in [0.1, 0.15) is 18.1 Å². The second-order valence-electron chi connectivity index (χ2n) is 4.82. The van der Waals surface area contributed by atoms with Crippen LogP contribution in [0.5, 0.6) is 5.88 Å². The quantitative estimate of drug-likeness (QED) is 0.876. The van der Waals surface area contributed by atoms with E-state index < -0.39 is 0 Å². The van der Waals surface area contributed by atoms with Crippen LogP contribution in [-0.2, 0) is 13.0 Å². The summed E-state index contributed by atoms with van der Waals surface area (Å²) in [5, 5.41) is 3.51. The standard InChI is InChI=1S/C16H19BrN2O/c1-12(9-13-3-6-15(17)7-4-13)18-10-14-5-8-16(20-2)19-11-14/h3-8,11-12,18H,9-10H2,1-2H3. The van der Waals surface area contributed by atoms with Crippen molar-refractivity contribution in [2.75, 3.05) is 7.11 Å². The molecule has 20 heavy (non-hydrogen) atoms. The largest absolute Gasteiger partial charge is 0.481 e. The molecule has 1 heterocycles. The minimum Gasteiger partial charge on any atom is -0.481 e. The van der Waals surface area contributed by atoms with Crippen molar-refractivity contribution in [1.29, 1.82) is 0 Å². The highest BCUT2D eigenvalue weighted by Gasteiger charge is 2.04. The maximum absolute atomic E-state index is 5.05. The van der Waals surface area contributed by atoms with E-state index in [9.17, 15) is 0 Å². The summed E-state index contributed by atoms with van der Waals surface area (Å²) in [6.45, 7) is 3.01. The van der Waals surface area contributed by atoms with Crippen molar-refractivity contribution in [2.45, 2.75) is 25.9 Å². The summed E-state index contributed by atoms with van der Waals surface area (Å²) in [7, 11) is 1.63. The molecule has 4 heteroatoms. The van der Waals surface area contributed by atoms with Gasteiger partial charge in [0.15, 0.2) is 0 Å². The zero-order chi connectivity index (χ0) is 14.4. The van der Waals surface area contributed by atoms with E-state index in [0.717, 1.165) is 23.0 Å². The number of aromatic nitrogens is 1. The van der Waals surface area contributed by atoms with Crippen LogP contribution in [0.25, 0.3) is 0 Å². The van der Waals surface area contributed by atoms with Gasteiger partial charge in [0.05, 0.1) is 7.11 Å². The van der Waals surface area contributed by atoms with Crippen molar-refractivity contribution in [3.05, 3.63) is 58.2 Å². The summed E-state index contributed by atoms with van der Waals surface area (Å²) in [4.78, 5) is 4.20. The molecule has 2 aromatic rings. The van der Waals surface area contributed by atoms with Crippen molar-refractivity contribution < 1.29 is 4.74 Å². The van der Waals surface area contributed by atoms with Gasteiger partial charge >= 0.3 is 0 Å². The Kier molecular flexibility index (Phi) is 5.56. The maximum atomic E-state index is 5.05. The molecule has 2 rings (SSSR count). The SMILES string of the molecule is COc1ccc(CNC(C)Cc2ccc(Br)cc2)cn1. The number of ether oxygens (including phenoxy) is 1. The van der Waals surface area contributed by atoms with E-state index >= 15 is 0 Å². The molecule has 0 fully saturated rings. The molecule has 0 amide bonds. The number of halogens is 1. The summed E-state index contributed by atoms with van der Waals surface area (Å²) in [6, 6.07) is 12.8. The lowest BCUT2D eigenvalue weighted by Gasteiger charge is -2.14. The van der Waals surface area contributed by atoms with Gasteiger partial charge in [-0.1, -0.05) is 34.1 Å². The minimum absolute atomic E-state index is 0.415. The van der Waals surface area contributed by atoms with E-state index in [0.29, 0.717) is 11.9 Å². The molecule has 0 saturated heterocycles. The number of nitrogens with zero attached hydrogens (tertiary/aromatic N) is 1. The van der Waals surface area contributed by atoms with Crippen molar-refractivity contribution in [1.82, 2.24) is 10.3 Å². The summed E-state index contributed by atoms with van der Waals surface area (Å²) in [6.07, 6.45) is 2.86. The lowest BCUT2D eigenvalue weighted by Crippen LogP contribution is -2.27. The first-order chi connectivity index (χ1) is 9.67. The third-order valence-electron chi connectivity index (χ3n) is 3.12. The highest BCUT2D eigenvalue weighted by atomic mass is 79.9. The molecule has 0 aliphatic heterocycles. The topological polar surface area (TPSA) is 34.1 Å². The van der Waals surface area contributed by atoms with Gasteiger partial charge in [-0.05, 0) is 36.6 Å². The minimum atomic E-state index is 0.415. The Labute approximate surface area is 128 Å². The Morgan fingerprint density at radius 1 is 1.15 bits per heavy atom. The molecule has 106 valence electrons. The predicted octanol–water partition coefficient (Wildman–Crippen LogP) is 3.57. The van der Waals surface area contributed by atoms with E-state index in [-0.39, 0.29) is 0 Å². The fraction of sp³-hybridized carbons (Fsp3) is 0.312. The van der Waals surface area contributed by atoms with Gasteiger partial charge in [-0.2, -0.15) is 0 Å². The Morgan fingerprint density at radius 3 is 2.45 bits per heavy atom. The number of rotatable bonds is 6. The summed E-state index contributed by atoms with van der Waals surface area (Å²) >= 11 is 3.45. The molecule has 0 spiro atoms. The van der Waals surface area contributed by atoms with E-state index in [1.807, 2.05) is 18.3 Å². The van der Waals surface area contributed by atoms with Crippen LogP contribution in [-0.4, -0.2) is 18.1 Å².